The molecule has 98 valence electrons. The van der Waals surface area contributed by atoms with Crippen molar-refractivity contribution in [1.82, 2.24) is 0 Å². The molecule has 0 saturated heterocycles. The first-order valence-electron chi connectivity index (χ1n) is 5.49. The zero-order chi connectivity index (χ0) is 13.7. The van der Waals surface area contributed by atoms with Gasteiger partial charge in [-0.2, -0.15) is 0 Å². The maximum atomic E-state index is 11.0. The van der Waals surface area contributed by atoms with Crippen molar-refractivity contribution in [3.05, 3.63) is 28.8 Å². The Hall–Kier alpha value is -1.88. The number of ether oxygens (including phenoxy) is 2. The predicted molar refractivity (Wildman–Crippen MR) is 63.9 cm³/mol. The van der Waals surface area contributed by atoms with Gasteiger partial charge in [0.05, 0.1) is 6.61 Å². The van der Waals surface area contributed by atoms with Gasteiger partial charge >= 0.3 is 11.9 Å². The van der Waals surface area contributed by atoms with E-state index in [2.05, 4.69) is 0 Å². The number of benzene rings is 1. The molecule has 0 bridgehead atoms. The van der Waals surface area contributed by atoms with Crippen LogP contribution in [0, 0.1) is 6.92 Å². The monoisotopic (exact) mass is 252 g/mol. The Kier molecular flexibility index (Phi) is 4.85. The summed E-state index contributed by atoms with van der Waals surface area (Å²) in [6.45, 7) is 4.17. The minimum Gasteiger partial charge on any atom is -0.461 e. The molecular formula is C13H16O5. The SMILES string of the molecule is CC(=O)OCc1cc(C)cc(CO)c1OC(C)=O. The molecule has 0 aromatic heterocycles. The fraction of sp³-hybridized carbons (Fsp3) is 0.385. The average Bonchev–Trinajstić information content (AvgIpc) is 2.28. The minimum atomic E-state index is -0.488. The second-order valence-electron chi connectivity index (χ2n) is 3.94. The van der Waals surface area contributed by atoms with Gasteiger partial charge in [-0.3, -0.25) is 9.59 Å². The van der Waals surface area contributed by atoms with E-state index in [1.165, 1.54) is 13.8 Å². The molecule has 0 heterocycles. The third-order valence-electron chi connectivity index (χ3n) is 2.23. The van der Waals surface area contributed by atoms with Crippen LogP contribution >= 0.6 is 0 Å². The molecular weight excluding hydrogens is 236 g/mol. The summed E-state index contributed by atoms with van der Waals surface area (Å²) in [4.78, 5) is 21.9. The molecule has 0 saturated carbocycles. The number of aryl methyl sites for hydroxylation is 1. The summed E-state index contributed by atoms with van der Waals surface area (Å²) in [6, 6.07) is 3.47. The van der Waals surface area contributed by atoms with Gasteiger partial charge in [0.25, 0.3) is 0 Å². The molecule has 0 aliphatic carbocycles. The molecule has 1 rings (SSSR count). The van der Waals surface area contributed by atoms with Crippen LogP contribution in [0.25, 0.3) is 0 Å². The van der Waals surface area contributed by atoms with Crippen LogP contribution in [0.5, 0.6) is 5.75 Å². The highest BCUT2D eigenvalue weighted by Crippen LogP contribution is 2.27. The van der Waals surface area contributed by atoms with Crippen LogP contribution < -0.4 is 4.74 Å². The molecule has 5 nitrogen and oxygen atoms in total. The van der Waals surface area contributed by atoms with Crippen LogP contribution in [-0.4, -0.2) is 17.0 Å². The standard InChI is InChI=1S/C13H16O5/c1-8-4-11(6-14)13(18-10(3)16)12(5-8)7-17-9(2)15/h4-5,14H,6-7H2,1-3H3. The summed E-state index contributed by atoms with van der Waals surface area (Å²) in [5, 5.41) is 9.26. The lowest BCUT2D eigenvalue weighted by Crippen LogP contribution is -2.09. The summed E-state index contributed by atoms with van der Waals surface area (Å²) in [6.07, 6.45) is 0. The Morgan fingerprint density at radius 1 is 1.17 bits per heavy atom. The maximum Gasteiger partial charge on any atom is 0.308 e. The zero-order valence-corrected chi connectivity index (χ0v) is 10.6. The summed E-state index contributed by atoms with van der Waals surface area (Å²) < 4.78 is 9.96. The molecule has 0 aliphatic heterocycles. The van der Waals surface area contributed by atoms with Gasteiger partial charge in [0.1, 0.15) is 12.4 Å². The molecule has 0 radical (unpaired) electrons. The van der Waals surface area contributed by atoms with E-state index >= 15 is 0 Å². The quantitative estimate of drug-likeness (QED) is 0.649. The lowest BCUT2D eigenvalue weighted by Gasteiger charge is -2.14. The summed E-state index contributed by atoms with van der Waals surface area (Å²) in [5.41, 5.74) is 1.94. The van der Waals surface area contributed by atoms with E-state index in [0.29, 0.717) is 11.1 Å². The van der Waals surface area contributed by atoms with Crippen LogP contribution in [0.15, 0.2) is 12.1 Å². The number of rotatable bonds is 4. The third kappa shape index (κ3) is 3.85. The van der Waals surface area contributed by atoms with E-state index in [0.717, 1.165) is 5.56 Å². The van der Waals surface area contributed by atoms with Crippen molar-refractivity contribution in [3.63, 3.8) is 0 Å². The zero-order valence-electron chi connectivity index (χ0n) is 10.6. The van der Waals surface area contributed by atoms with Gasteiger partial charge in [-0.1, -0.05) is 11.6 Å². The minimum absolute atomic E-state index is 0.00657. The van der Waals surface area contributed by atoms with Crippen LogP contribution in [0.1, 0.15) is 30.5 Å². The number of aliphatic hydroxyl groups excluding tert-OH is 1. The van der Waals surface area contributed by atoms with Crippen molar-refractivity contribution < 1.29 is 24.2 Å². The lowest BCUT2D eigenvalue weighted by atomic mass is 10.1. The first kappa shape index (κ1) is 14.2. The van der Waals surface area contributed by atoms with Crippen molar-refractivity contribution in [1.29, 1.82) is 0 Å². The van der Waals surface area contributed by atoms with Gasteiger partial charge in [0, 0.05) is 25.0 Å². The van der Waals surface area contributed by atoms with Crippen LogP contribution in [-0.2, 0) is 27.5 Å². The van der Waals surface area contributed by atoms with E-state index in [1.54, 1.807) is 12.1 Å². The molecule has 0 spiro atoms. The number of hydrogen-bond donors (Lipinski definition) is 1. The molecule has 1 aromatic rings. The topological polar surface area (TPSA) is 72.8 Å². The van der Waals surface area contributed by atoms with Crippen molar-refractivity contribution in [3.8, 4) is 5.75 Å². The molecule has 0 unspecified atom stereocenters. The predicted octanol–water partition coefficient (Wildman–Crippen LogP) is 1.48. The summed E-state index contributed by atoms with van der Waals surface area (Å²) in [7, 11) is 0. The fourth-order valence-corrected chi connectivity index (χ4v) is 1.61. The van der Waals surface area contributed by atoms with Gasteiger partial charge in [-0.05, 0) is 13.0 Å². The van der Waals surface area contributed by atoms with E-state index in [1.807, 2.05) is 6.92 Å². The van der Waals surface area contributed by atoms with E-state index in [-0.39, 0.29) is 19.0 Å². The molecule has 5 heteroatoms. The number of esters is 2. The molecule has 0 aliphatic rings. The van der Waals surface area contributed by atoms with Gasteiger partial charge < -0.3 is 14.6 Å². The third-order valence-corrected chi connectivity index (χ3v) is 2.23. The Morgan fingerprint density at radius 3 is 2.28 bits per heavy atom. The normalized spacial score (nSPS) is 10.0. The maximum absolute atomic E-state index is 11.0. The van der Waals surface area contributed by atoms with Crippen molar-refractivity contribution >= 4 is 11.9 Å². The number of carbonyl (C=O) groups excluding carboxylic acids is 2. The second-order valence-corrected chi connectivity index (χ2v) is 3.94. The van der Waals surface area contributed by atoms with Crippen molar-refractivity contribution in [2.24, 2.45) is 0 Å². The fourth-order valence-electron chi connectivity index (χ4n) is 1.61. The molecule has 0 atom stereocenters. The van der Waals surface area contributed by atoms with Gasteiger partial charge in [-0.15, -0.1) is 0 Å². The van der Waals surface area contributed by atoms with Crippen molar-refractivity contribution in [2.75, 3.05) is 0 Å². The summed E-state index contributed by atoms with van der Waals surface area (Å²) in [5.74, 6) is -0.648. The lowest BCUT2D eigenvalue weighted by molar-refractivity contribution is -0.142. The average molecular weight is 252 g/mol. The highest BCUT2D eigenvalue weighted by Gasteiger charge is 2.14. The Balaban J connectivity index is 3.14. The number of carbonyl (C=O) groups is 2. The molecule has 0 amide bonds. The first-order chi connectivity index (χ1) is 8.43. The van der Waals surface area contributed by atoms with Crippen LogP contribution in [0.3, 0.4) is 0 Å². The Morgan fingerprint density at radius 2 is 1.78 bits per heavy atom. The molecule has 18 heavy (non-hydrogen) atoms. The van der Waals surface area contributed by atoms with E-state index in [4.69, 9.17) is 9.47 Å². The molecule has 1 N–H and O–H groups in total. The van der Waals surface area contributed by atoms with Gasteiger partial charge in [0.15, 0.2) is 0 Å². The van der Waals surface area contributed by atoms with Crippen molar-refractivity contribution in [2.45, 2.75) is 34.0 Å². The first-order valence-corrected chi connectivity index (χ1v) is 5.49. The van der Waals surface area contributed by atoms with E-state index < -0.39 is 11.9 Å². The van der Waals surface area contributed by atoms with Crippen LogP contribution in [0.2, 0.25) is 0 Å². The highest BCUT2D eigenvalue weighted by molar-refractivity contribution is 5.71. The van der Waals surface area contributed by atoms with Gasteiger partial charge in [-0.25, -0.2) is 0 Å². The molecule has 1 aromatic carbocycles. The van der Waals surface area contributed by atoms with E-state index in [9.17, 15) is 14.7 Å². The Bertz CT molecular complexity index is 465. The second kappa shape index (κ2) is 6.16. The largest absolute Gasteiger partial charge is 0.461 e. The van der Waals surface area contributed by atoms with Crippen LogP contribution in [0.4, 0.5) is 0 Å². The number of aliphatic hydroxyl groups is 1. The Labute approximate surface area is 105 Å². The van der Waals surface area contributed by atoms with Gasteiger partial charge in [0.2, 0.25) is 0 Å². The smallest absolute Gasteiger partial charge is 0.308 e. The number of hydrogen-bond acceptors (Lipinski definition) is 5. The highest BCUT2D eigenvalue weighted by atomic mass is 16.5. The molecule has 0 fully saturated rings. The summed E-state index contributed by atoms with van der Waals surface area (Å²) >= 11 is 0.